The number of hydrogen-bond donors (Lipinski definition) is 3. The molecule has 0 unspecified atom stereocenters. The fraction of sp³-hybridized carbons (Fsp3) is 0.120. The highest BCUT2D eigenvalue weighted by molar-refractivity contribution is 6.04. The fourth-order valence-corrected chi connectivity index (χ4v) is 3.35. The number of nitrogens with zero attached hydrogens (tertiary/aromatic N) is 3. The van der Waals surface area contributed by atoms with Crippen LogP contribution >= 0.6 is 0 Å². The maximum absolute atomic E-state index is 13.4. The van der Waals surface area contributed by atoms with E-state index in [0.717, 1.165) is 5.56 Å². The Balaban J connectivity index is 1.57. The Morgan fingerprint density at radius 3 is 2.82 bits per heavy atom. The van der Waals surface area contributed by atoms with Crippen LogP contribution in [0.5, 0.6) is 0 Å². The molecule has 2 heterocycles. The Labute approximate surface area is 190 Å². The van der Waals surface area contributed by atoms with Crippen molar-refractivity contribution in [2.75, 3.05) is 5.32 Å². The van der Waals surface area contributed by atoms with E-state index >= 15 is 0 Å². The van der Waals surface area contributed by atoms with E-state index in [1.807, 2.05) is 19.1 Å². The van der Waals surface area contributed by atoms with E-state index in [9.17, 15) is 9.18 Å². The number of aryl methyl sites for hydroxylation is 1. The van der Waals surface area contributed by atoms with Crippen LogP contribution in [0, 0.1) is 24.2 Å². The van der Waals surface area contributed by atoms with E-state index in [1.54, 1.807) is 53.3 Å². The summed E-state index contributed by atoms with van der Waals surface area (Å²) in [6.45, 7) is 1.20. The Kier molecular flexibility index (Phi) is 6.13. The van der Waals surface area contributed by atoms with Gasteiger partial charge < -0.3 is 11.1 Å². The van der Waals surface area contributed by atoms with E-state index in [0.29, 0.717) is 39.3 Å². The van der Waals surface area contributed by atoms with Crippen molar-refractivity contribution in [3.63, 3.8) is 0 Å². The Bertz CT molecular complexity index is 1430. The molecule has 2 aromatic heterocycles. The standard InChI is InChI=1S/C25H21FN6O/c1-16-4-5-19(11-17(16)7-9-22-15-29-24-3-2-10-30-32(22)24)25(33)31-21-8-6-18(13-23(27)28)20(12-21)14-26/h2-6,8,10-12,15H,13-14H2,1H3,(H3,27,28)(H,31,33). The molecular formula is C25H21FN6O. The van der Waals surface area contributed by atoms with Gasteiger partial charge in [-0.3, -0.25) is 10.2 Å². The molecule has 4 aromatic rings. The first kappa shape index (κ1) is 21.7. The predicted octanol–water partition coefficient (Wildman–Crippen LogP) is 3.64. The minimum atomic E-state index is -0.714. The SMILES string of the molecule is Cc1ccc(C(=O)Nc2ccc(CC(=N)N)c(CF)c2)cc1C#Cc1cnc2cccnn12. The van der Waals surface area contributed by atoms with E-state index in [4.69, 9.17) is 11.1 Å². The zero-order valence-electron chi connectivity index (χ0n) is 17.9. The topological polar surface area (TPSA) is 109 Å². The Morgan fingerprint density at radius 1 is 1.18 bits per heavy atom. The lowest BCUT2D eigenvalue weighted by Gasteiger charge is -2.11. The van der Waals surface area contributed by atoms with Gasteiger partial charge in [-0.25, -0.2) is 13.9 Å². The lowest BCUT2D eigenvalue weighted by molar-refractivity contribution is 0.102. The average Bonchev–Trinajstić information content (AvgIpc) is 3.22. The highest BCUT2D eigenvalue weighted by Crippen LogP contribution is 2.19. The molecule has 0 aliphatic rings. The Hall–Kier alpha value is -4.51. The molecular weight excluding hydrogens is 419 g/mol. The fourth-order valence-electron chi connectivity index (χ4n) is 3.35. The molecule has 4 N–H and O–H groups in total. The van der Waals surface area contributed by atoms with Crippen molar-refractivity contribution in [1.82, 2.24) is 14.6 Å². The van der Waals surface area contributed by atoms with Gasteiger partial charge in [-0.15, -0.1) is 0 Å². The molecule has 1 amide bonds. The second-order valence-corrected chi connectivity index (χ2v) is 7.49. The number of nitrogens with one attached hydrogen (secondary N) is 2. The second-order valence-electron chi connectivity index (χ2n) is 7.49. The number of amides is 1. The molecule has 8 heteroatoms. The third kappa shape index (κ3) is 4.88. The van der Waals surface area contributed by atoms with E-state index < -0.39 is 6.67 Å². The smallest absolute Gasteiger partial charge is 0.255 e. The number of fused-ring (bicyclic) bond motifs is 1. The number of nitrogens with two attached hydrogens (primary N) is 1. The van der Waals surface area contributed by atoms with Gasteiger partial charge in [-0.1, -0.05) is 18.1 Å². The molecule has 0 saturated heterocycles. The molecule has 33 heavy (non-hydrogen) atoms. The van der Waals surface area contributed by atoms with Gasteiger partial charge in [0.25, 0.3) is 5.91 Å². The highest BCUT2D eigenvalue weighted by atomic mass is 19.1. The summed E-state index contributed by atoms with van der Waals surface area (Å²) >= 11 is 0. The monoisotopic (exact) mass is 440 g/mol. The lowest BCUT2D eigenvalue weighted by atomic mass is 10.0. The van der Waals surface area contributed by atoms with E-state index in [-0.39, 0.29) is 18.2 Å². The normalized spacial score (nSPS) is 10.5. The zero-order valence-corrected chi connectivity index (χ0v) is 17.9. The number of carbonyl (C=O) groups excluding carboxylic acids is 1. The summed E-state index contributed by atoms with van der Waals surface area (Å²) in [6, 6.07) is 13.8. The maximum atomic E-state index is 13.4. The maximum Gasteiger partial charge on any atom is 0.255 e. The number of carbonyl (C=O) groups is 1. The third-order valence-electron chi connectivity index (χ3n) is 5.09. The van der Waals surface area contributed by atoms with Gasteiger partial charge in [0.2, 0.25) is 0 Å². The van der Waals surface area contributed by atoms with Gasteiger partial charge in [0.05, 0.1) is 12.0 Å². The van der Waals surface area contributed by atoms with Gasteiger partial charge in [0.15, 0.2) is 5.65 Å². The minimum absolute atomic E-state index is 0.0468. The van der Waals surface area contributed by atoms with Crippen molar-refractivity contribution in [1.29, 1.82) is 5.41 Å². The zero-order chi connectivity index (χ0) is 23.4. The third-order valence-corrected chi connectivity index (χ3v) is 5.09. The molecule has 0 aliphatic heterocycles. The quantitative estimate of drug-likeness (QED) is 0.250. The average molecular weight is 440 g/mol. The summed E-state index contributed by atoms with van der Waals surface area (Å²) in [7, 11) is 0. The number of amidine groups is 1. The molecule has 0 bridgehead atoms. The van der Waals surface area contributed by atoms with Gasteiger partial charge in [0.1, 0.15) is 12.4 Å². The minimum Gasteiger partial charge on any atom is -0.387 e. The first-order valence-electron chi connectivity index (χ1n) is 10.2. The van der Waals surface area contributed by atoms with Crippen LogP contribution in [0.25, 0.3) is 5.65 Å². The van der Waals surface area contributed by atoms with Crippen LogP contribution in [0.15, 0.2) is 60.9 Å². The van der Waals surface area contributed by atoms with Crippen molar-refractivity contribution >= 4 is 23.1 Å². The summed E-state index contributed by atoms with van der Waals surface area (Å²) < 4.78 is 15.1. The number of benzene rings is 2. The van der Waals surface area contributed by atoms with Gasteiger partial charge in [-0.2, -0.15) is 5.10 Å². The van der Waals surface area contributed by atoms with E-state index in [2.05, 4.69) is 27.2 Å². The summed E-state index contributed by atoms with van der Waals surface area (Å²) in [6.07, 6.45) is 3.48. The highest BCUT2D eigenvalue weighted by Gasteiger charge is 2.11. The van der Waals surface area contributed by atoms with Gasteiger partial charge >= 0.3 is 0 Å². The van der Waals surface area contributed by atoms with Crippen molar-refractivity contribution in [3.05, 3.63) is 94.4 Å². The van der Waals surface area contributed by atoms with Crippen LogP contribution in [0.3, 0.4) is 0 Å². The summed E-state index contributed by atoms with van der Waals surface area (Å²) in [5.41, 5.74) is 10.3. The van der Waals surface area contributed by atoms with Crippen LogP contribution in [-0.2, 0) is 13.1 Å². The molecule has 164 valence electrons. The molecule has 7 nitrogen and oxygen atoms in total. The number of hydrogen-bond acceptors (Lipinski definition) is 4. The molecule has 0 atom stereocenters. The number of halogens is 1. The van der Waals surface area contributed by atoms with Crippen molar-refractivity contribution in [2.24, 2.45) is 5.73 Å². The van der Waals surface area contributed by atoms with Crippen molar-refractivity contribution in [3.8, 4) is 11.8 Å². The molecule has 0 aliphatic carbocycles. The molecule has 2 aromatic carbocycles. The van der Waals surface area contributed by atoms with Crippen LogP contribution in [0.2, 0.25) is 0 Å². The molecule has 0 saturated carbocycles. The number of imidazole rings is 1. The Morgan fingerprint density at radius 2 is 2.03 bits per heavy atom. The molecule has 4 rings (SSSR count). The molecule has 0 radical (unpaired) electrons. The predicted molar refractivity (Wildman–Crippen MR) is 125 cm³/mol. The van der Waals surface area contributed by atoms with Gasteiger partial charge in [-0.05, 0) is 65.9 Å². The molecule has 0 fully saturated rings. The van der Waals surface area contributed by atoms with Crippen LogP contribution in [0.4, 0.5) is 10.1 Å². The first-order valence-corrected chi connectivity index (χ1v) is 10.2. The number of alkyl halides is 1. The van der Waals surface area contributed by atoms with Crippen molar-refractivity contribution < 1.29 is 9.18 Å². The number of rotatable bonds is 5. The second kappa shape index (κ2) is 9.32. The van der Waals surface area contributed by atoms with Crippen molar-refractivity contribution in [2.45, 2.75) is 20.0 Å². The van der Waals surface area contributed by atoms with Gasteiger partial charge in [0, 0.05) is 29.4 Å². The lowest BCUT2D eigenvalue weighted by Crippen LogP contribution is -2.15. The summed E-state index contributed by atoms with van der Waals surface area (Å²) in [5.74, 6) is 5.78. The van der Waals surface area contributed by atoms with E-state index in [1.165, 1.54) is 0 Å². The van der Waals surface area contributed by atoms with Crippen LogP contribution in [0.1, 0.15) is 38.3 Å². The first-order chi connectivity index (χ1) is 15.9. The number of anilines is 1. The number of aromatic nitrogens is 3. The van der Waals surface area contributed by atoms with Crippen LogP contribution < -0.4 is 11.1 Å². The molecule has 0 spiro atoms. The summed E-state index contributed by atoms with van der Waals surface area (Å²) in [5, 5.41) is 14.4. The van der Waals surface area contributed by atoms with Crippen LogP contribution in [-0.4, -0.2) is 26.3 Å². The largest absolute Gasteiger partial charge is 0.387 e. The summed E-state index contributed by atoms with van der Waals surface area (Å²) in [4.78, 5) is 17.1.